The molecule has 1 aromatic rings. The average molecular weight is 365 g/mol. The smallest absolute Gasteiger partial charge is 0.233 e. The number of carbonyl (C=O) groups excluding carboxylic acids is 1. The predicted octanol–water partition coefficient (Wildman–Crippen LogP) is 3.15. The van der Waals surface area contributed by atoms with Gasteiger partial charge in [0.05, 0.1) is 25.5 Å². The molecule has 0 aromatic heterocycles. The number of amides is 1. The molecule has 2 aliphatic rings. The molecule has 2 fully saturated rings. The van der Waals surface area contributed by atoms with Crippen LogP contribution in [0.15, 0.2) is 18.2 Å². The number of benzene rings is 1. The molecule has 1 atom stereocenters. The van der Waals surface area contributed by atoms with Crippen LogP contribution in [0.3, 0.4) is 0 Å². The zero-order valence-corrected chi connectivity index (χ0v) is 16.0. The normalized spacial score (nSPS) is 21.1. The van der Waals surface area contributed by atoms with Gasteiger partial charge in [-0.3, -0.25) is 4.79 Å². The van der Waals surface area contributed by atoms with Crippen LogP contribution in [0.1, 0.15) is 36.6 Å². The van der Waals surface area contributed by atoms with Gasteiger partial charge >= 0.3 is 0 Å². The van der Waals surface area contributed by atoms with E-state index in [9.17, 15) is 4.79 Å². The molecule has 2 aliphatic heterocycles. The summed E-state index contributed by atoms with van der Waals surface area (Å²) in [6.07, 6.45) is 4.84. The Labute approximate surface area is 154 Å². The monoisotopic (exact) mass is 364 g/mol. The van der Waals surface area contributed by atoms with E-state index in [0.717, 1.165) is 43.0 Å². The largest absolute Gasteiger partial charge is 0.496 e. The van der Waals surface area contributed by atoms with E-state index in [1.54, 1.807) is 26.0 Å². The minimum atomic E-state index is -0.0228. The van der Waals surface area contributed by atoms with E-state index < -0.39 is 0 Å². The first-order valence-electron chi connectivity index (χ1n) is 9.09. The van der Waals surface area contributed by atoms with Crippen molar-refractivity contribution < 1.29 is 14.3 Å². The summed E-state index contributed by atoms with van der Waals surface area (Å²) >= 11 is 1.66. The average Bonchev–Trinajstić information content (AvgIpc) is 3.28. The van der Waals surface area contributed by atoms with Crippen LogP contribution in [0.2, 0.25) is 0 Å². The lowest BCUT2D eigenvalue weighted by Gasteiger charge is -2.27. The van der Waals surface area contributed by atoms with Crippen LogP contribution in [-0.4, -0.2) is 61.9 Å². The maximum atomic E-state index is 12.4. The highest BCUT2D eigenvalue weighted by molar-refractivity contribution is 8.00. The van der Waals surface area contributed by atoms with Gasteiger partial charge in [-0.05, 0) is 57.5 Å². The lowest BCUT2D eigenvalue weighted by molar-refractivity contribution is -0.128. The van der Waals surface area contributed by atoms with E-state index >= 15 is 0 Å². The highest BCUT2D eigenvalue weighted by Gasteiger charge is 2.36. The number of rotatable bonds is 8. The molecule has 0 bridgehead atoms. The highest BCUT2D eigenvalue weighted by atomic mass is 32.2. The van der Waals surface area contributed by atoms with Crippen LogP contribution in [0.4, 0.5) is 0 Å². The van der Waals surface area contributed by atoms with Crippen molar-refractivity contribution in [3.63, 3.8) is 0 Å². The van der Waals surface area contributed by atoms with E-state index in [1.165, 1.54) is 25.9 Å². The van der Waals surface area contributed by atoms with Gasteiger partial charge in [0.1, 0.15) is 16.9 Å². The molecule has 0 spiro atoms. The molecular weight excluding hydrogens is 336 g/mol. The Morgan fingerprint density at radius 1 is 1.08 bits per heavy atom. The van der Waals surface area contributed by atoms with Crippen molar-refractivity contribution in [1.29, 1.82) is 0 Å². The highest BCUT2D eigenvalue weighted by Crippen LogP contribution is 2.46. The molecule has 2 heterocycles. The third kappa shape index (κ3) is 4.23. The Kier molecular flexibility index (Phi) is 6.48. The number of nitrogens with zero attached hydrogens (tertiary/aromatic N) is 2. The molecule has 0 aliphatic carbocycles. The Balaban J connectivity index is 1.65. The fourth-order valence-electron chi connectivity index (χ4n) is 3.68. The van der Waals surface area contributed by atoms with Gasteiger partial charge in [-0.25, -0.2) is 0 Å². The first-order valence-corrected chi connectivity index (χ1v) is 10.1. The molecule has 1 unspecified atom stereocenters. The van der Waals surface area contributed by atoms with E-state index in [4.69, 9.17) is 9.47 Å². The number of thioether (sulfide) groups is 1. The van der Waals surface area contributed by atoms with Gasteiger partial charge in [-0.15, -0.1) is 11.8 Å². The van der Waals surface area contributed by atoms with E-state index in [2.05, 4.69) is 4.90 Å². The minimum absolute atomic E-state index is 0.0228. The molecule has 3 rings (SSSR count). The first kappa shape index (κ1) is 18.4. The summed E-state index contributed by atoms with van der Waals surface area (Å²) in [7, 11) is 3.33. The first-order chi connectivity index (χ1) is 12.2. The van der Waals surface area contributed by atoms with Crippen molar-refractivity contribution >= 4 is 17.7 Å². The fraction of sp³-hybridized carbons (Fsp3) is 0.632. The molecule has 25 heavy (non-hydrogen) atoms. The Hall–Kier alpha value is -1.40. The van der Waals surface area contributed by atoms with Crippen LogP contribution in [0.25, 0.3) is 0 Å². The second-order valence-electron chi connectivity index (χ2n) is 6.58. The number of hydrogen-bond acceptors (Lipinski definition) is 5. The lowest BCUT2D eigenvalue weighted by Crippen LogP contribution is -2.30. The number of unbranched alkanes of at least 4 members (excludes halogenated alkanes) is 1. The van der Waals surface area contributed by atoms with Gasteiger partial charge < -0.3 is 19.3 Å². The third-order valence-electron chi connectivity index (χ3n) is 5.00. The van der Waals surface area contributed by atoms with Crippen molar-refractivity contribution in [2.45, 2.75) is 31.1 Å². The van der Waals surface area contributed by atoms with Crippen molar-refractivity contribution in [1.82, 2.24) is 9.80 Å². The summed E-state index contributed by atoms with van der Waals surface area (Å²) < 4.78 is 11.1. The SMILES string of the molecule is COc1cccc(OC)c1C1SCC(=O)N1CCCCN1CCCC1. The summed E-state index contributed by atoms with van der Waals surface area (Å²) in [6.45, 7) is 4.42. The van der Waals surface area contributed by atoms with Gasteiger partial charge in [0.15, 0.2) is 0 Å². The van der Waals surface area contributed by atoms with Crippen LogP contribution in [0.5, 0.6) is 11.5 Å². The molecule has 1 amide bonds. The standard InChI is InChI=1S/C19H28N2O3S/c1-23-15-8-7-9-16(24-2)18(15)19-21(17(22)14-25-19)13-6-5-12-20-10-3-4-11-20/h7-9,19H,3-6,10-14H2,1-2H3. The van der Waals surface area contributed by atoms with Crippen molar-refractivity contribution in [3.05, 3.63) is 23.8 Å². The molecule has 0 N–H and O–H groups in total. The molecule has 1 aromatic carbocycles. The van der Waals surface area contributed by atoms with Gasteiger partial charge in [-0.2, -0.15) is 0 Å². The molecule has 2 saturated heterocycles. The van der Waals surface area contributed by atoms with E-state index in [0.29, 0.717) is 5.75 Å². The van der Waals surface area contributed by atoms with Crippen LogP contribution < -0.4 is 9.47 Å². The van der Waals surface area contributed by atoms with Gasteiger partial charge in [0.2, 0.25) is 5.91 Å². The second kappa shape index (κ2) is 8.81. The van der Waals surface area contributed by atoms with Gasteiger partial charge in [0, 0.05) is 6.54 Å². The summed E-state index contributed by atoms with van der Waals surface area (Å²) in [5.41, 5.74) is 0.975. The summed E-state index contributed by atoms with van der Waals surface area (Å²) in [4.78, 5) is 16.9. The number of hydrogen-bond donors (Lipinski definition) is 0. The number of ether oxygens (including phenoxy) is 2. The maximum Gasteiger partial charge on any atom is 0.233 e. The van der Waals surface area contributed by atoms with Crippen LogP contribution in [-0.2, 0) is 4.79 Å². The maximum absolute atomic E-state index is 12.4. The zero-order valence-electron chi connectivity index (χ0n) is 15.2. The second-order valence-corrected chi connectivity index (χ2v) is 7.65. The van der Waals surface area contributed by atoms with Gasteiger partial charge in [-0.1, -0.05) is 6.07 Å². The Bertz CT molecular complexity index is 568. The van der Waals surface area contributed by atoms with Crippen molar-refractivity contribution in [3.8, 4) is 11.5 Å². The topological polar surface area (TPSA) is 42.0 Å². The zero-order chi connectivity index (χ0) is 17.6. The third-order valence-corrected chi connectivity index (χ3v) is 6.22. The molecule has 0 saturated carbocycles. The Morgan fingerprint density at radius 3 is 2.36 bits per heavy atom. The molecule has 5 nitrogen and oxygen atoms in total. The molecule has 0 radical (unpaired) electrons. The van der Waals surface area contributed by atoms with E-state index in [-0.39, 0.29) is 11.3 Å². The quantitative estimate of drug-likeness (QED) is 0.663. The molecule has 138 valence electrons. The predicted molar refractivity (Wildman–Crippen MR) is 101 cm³/mol. The summed E-state index contributed by atoms with van der Waals surface area (Å²) in [5.74, 6) is 2.31. The van der Waals surface area contributed by atoms with Crippen molar-refractivity contribution in [2.24, 2.45) is 0 Å². The van der Waals surface area contributed by atoms with Crippen LogP contribution >= 0.6 is 11.8 Å². The van der Waals surface area contributed by atoms with Crippen LogP contribution in [0, 0.1) is 0 Å². The summed E-state index contributed by atoms with van der Waals surface area (Å²) in [6, 6.07) is 5.79. The number of methoxy groups -OCH3 is 2. The van der Waals surface area contributed by atoms with Gasteiger partial charge in [0.25, 0.3) is 0 Å². The van der Waals surface area contributed by atoms with E-state index in [1.807, 2.05) is 23.1 Å². The number of likely N-dealkylation sites (tertiary alicyclic amines) is 1. The Morgan fingerprint density at radius 2 is 1.72 bits per heavy atom. The molecular formula is C19H28N2O3S. The summed E-state index contributed by atoms with van der Waals surface area (Å²) in [5, 5.41) is -0.0228. The number of carbonyl (C=O) groups is 1. The lowest BCUT2D eigenvalue weighted by atomic mass is 10.1. The fourth-order valence-corrected chi connectivity index (χ4v) is 4.95. The van der Waals surface area contributed by atoms with Crippen molar-refractivity contribution in [2.75, 3.05) is 46.2 Å². The minimum Gasteiger partial charge on any atom is -0.496 e. The molecule has 6 heteroatoms.